The number of halogens is 5. The van der Waals surface area contributed by atoms with Crippen molar-refractivity contribution in [1.82, 2.24) is 4.90 Å². The standard InChI is InChI=1S/C13H14Br2F3NO/c1-8(14)5-6-19(2)12(20)10-4-3-9(15)7-11(10)13(16,17)18/h3-4,7-8H,5-6H2,1-2H3. The Balaban J connectivity index is 3.04. The Kier molecular flexibility index (Phi) is 6.06. The molecule has 1 unspecified atom stereocenters. The molecule has 0 aromatic heterocycles. The summed E-state index contributed by atoms with van der Waals surface area (Å²) in [5, 5.41) is 0. The highest BCUT2D eigenvalue weighted by Gasteiger charge is 2.36. The third-order valence-electron chi connectivity index (χ3n) is 2.73. The second-order valence-electron chi connectivity index (χ2n) is 4.48. The Morgan fingerprint density at radius 1 is 1.40 bits per heavy atom. The van der Waals surface area contributed by atoms with E-state index >= 15 is 0 Å². The Morgan fingerprint density at radius 2 is 2.00 bits per heavy atom. The molecule has 0 aliphatic heterocycles. The molecule has 1 aromatic rings. The van der Waals surface area contributed by atoms with Crippen molar-refractivity contribution in [3.05, 3.63) is 33.8 Å². The molecule has 0 heterocycles. The maximum Gasteiger partial charge on any atom is 0.417 e. The van der Waals surface area contributed by atoms with Crippen molar-refractivity contribution in [1.29, 1.82) is 0 Å². The van der Waals surface area contributed by atoms with Gasteiger partial charge in [-0.05, 0) is 24.6 Å². The summed E-state index contributed by atoms with van der Waals surface area (Å²) < 4.78 is 39.2. The quantitative estimate of drug-likeness (QED) is 0.650. The lowest BCUT2D eigenvalue weighted by Gasteiger charge is -2.20. The van der Waals surface area contributed by atoms with Crippen LogP contribution in [0.2, 0.25) is 0 Å². The Morgan fingerprint density at radius 3 is 2.50 bits per heavy atom. The first-order chi connectivity index (χ1) is 9.12. The van der Waals surface area contributed by atoms with Gasteiger partial charge in [0.25, 0.3) is 5.91 Å². The first kappa shape index (κ1) is 17.5. The lowest BCUT2D eigenvalue weighted by molar-refractivity contribution is -0.138. The van der Waals surface area contributed by atoms with Gasteiger partial charge in [-0.3, -0.25) is 4.79 Å². The largest absolute Gasteiger partial charge is 0.417 e. The van der Waals surface area contributed by atoms with E-state index in [1.54, 1.807) is 0 Å². The van der Waals surface area contributed by atoms with Crippen LogP contribution < -0.4 is 0 Å². The molecule has 0 saturated carbocycles. The van der Waals surface area contributed by atoms with Crippen molar-refractivity contribution < 1.29 is 18.0 Å². The molecule has 112 valence electrons. The molecule has 0 saturated heterocycles. The summed E-state index contributed by atoms with van der Waals surface area (Å²) in [7, 11) is 1.50. The highest BCUT2D eigenvalue weighted by molar-refractivity contribution is 9.10. The van der Waals surface area contributed by atoms with Crippen LogP contribution in [-0.4, -0.2) is 29.2 Å². The molecule has 0 bridgehead atoms. The maximum atomic E-state index is 13.0. The van der Waals surface area contributed by atoms with Crippen molar-refractivity contribution in [2.24, 2.45) is 0 Å². The minimum absolute atomic E-state index is 0.199. The van der Waals surface area contributed by atoms with Crippen LogP contribution in [0.1, 0.15) is 29.3 Å². The lowest BCUT2D eigenvalue weighted by atomic mass is 10.1. The molecule has 1 amide bonds. The smallest absolute Gasteiger partial charge is 0.342 e. The molecule has 1 rings (SSSR count). The molecule has 1 atom stereocenters. The van der Waals surface area contributed by atoms with E-state index in [4.69, 9.17) is 0 Å². The predicted octanol–water partition coefficient (Wildman–Crippen LogP) is 4.71. The number of amides is 1. The number of hydrogen-bond donors (Lipinski definition) is 0. The third-order valence-corrected chi connectivity index (χ3v) is 3.68. The normalized spacial score (nSPS) is 13.2. The van der Waals surface area contributed by atoms with E-state index in [2.05, 4.69) is 31.9 Å². The van der Waals surface area contributed by atoms with Gasteiger partial charge in [0.15, 0.2) is 0 Å². The number of alkyl halides is 4. The highest BCUT2D eigenvalue weighted by Crippen LogP contribution is 2.34. The van der Waals surface area contributed by atoms with E-state index in [1.165, 1.54) is 24.1 Å². The summed E-state index contributed by atoms with van der Waals surface area (Å²) in [5.74, 6) is -0.627. The minimum atomic E-state index is -4.56. The molecule has 1 aromatic carbocycles. The number of carbonyl (C=O) groups excluding carboxylic acids is 1. The first-order valence-corrected chi connectivity index (χ1v) is 7.60. The van der Waals surface area contributed by atoms with Gasteiger partial charge in [-0.15, -0.1) is 0 Å². The van der Waals surface area contributed by atoms with Gasteiger partial charge < -0.3 is 4.90 Å². The number of carbonyl (C=O) groups is 1. The second kappa shape index (κ2) is 6.93. The number of rotatable bonds is 4. The summed E-state index contributed by atoms with van der Waals surface area (Å²) in [4.78, 5) is 13.6. The zero-order valence-electron chi connectivity index (χ0n) is 11.0. The monoisotopic (exact) mass is 415 g/mol. The average molecular weight is 417 g/mol. The predicted molar refractivity (Wildman–Crippen MR) is 79.1 cm³/mol. The van der Waals surface area contributed by atoms with Gasteiger partial charge in [0.2, 0.25) is 0 Å². The van der Waals surface area contributed by atoms with E-state index < -0.39 is 17.6 Å². The SMILES string of the molecule is CC(Br)CCN(C)C(=O)c1ccc(Br)cc1C(F)(F)F. The van der Waals surface area contributed by atoms with Gasteiger partial charge >= 0.3 is 6.18 Å². The van der Waals surface area contributed by atoms with Crippen LogP contribution >= 0.6 is 31.9 Å². The molecule has 7 heteroatoms. The molecule has 0 aliphatic rings. The topological polar surface area (TPSA) is 20.3 Å². The molecule has 0 radical (unpaired) electrons. The van der Waals surface area contributed by atoms with Crippen LogP contribution in [0.5, 0.6) is 0 Å². The first-order valence-electron chi connectivity index (χ1n) is 5.89. The fourth-order valence-corrected chi connectivity index (χ4v) is 2.18. The molecular formula is C13H14Br2F3NO. The van der Waals surface area contributed by atoms with Crippen molar-refractivity contribution in [2.45, 2.75) is 24.3 Å². The summed E-state index contributed by atoms with van der Waals surface area (Å²) >= 11 is 6.33. The van der Waals surface area contributed by atoms with Crippen molar-refractivity contribution >= 4 is 37.8 Å². The zero-order valence-corrected chi connectivity index (χ0v) is 14.1. The average Bonchev–Trinajstić information content (AvgIpc) is 2.33. The molecule has 0 aliphatic carbocycles. The van der Waals surface area contributed by atoms with Gasteiger partial charge in [-0.2, -0.15) is 13.2 Å². The van der Waals surface area contributed by atoms with Crippen molar-refractivity contribution in [3.8, 4) is 0 Å². The van der Waals surface area contributed by atoms with Gasteiger partial charge in [0.05, 0.1) is 11.1 Å². The lowest BCUT2D eigenvalue weighted by Crippen LogP contribution is -2.30. The van der Waals surface area contributed by atoms with Crippen LogP contribution in [0.25, 0.3) is 0 Å². The molecule has 2 nitrogen and oxygen atoms in total. The van der Waals surface area contributed by atoms with E-state index in [1.807, 2.05) is 6.92 Å². The third kappa shape index (κ3) is 4.77. The van der Waals surface area contributed by atoms with E-state index in [-0.39, 0.29) is 14.9 Å². The fraction of sp³-hybridized carbons (Fsp3) is 0.462. The Hall–Kier alpha value is -0.560. The molecule has 0 N–H and O–H groups in total. The minimum Gasteiger partial charge on any atom is -0.342 e. The summed E-state index contributed by atoms with van der Waals surface area (Å²) in [6.45, 7) is 2.30. The number of nitrogens with zero attached hydrogens (tertiary/aromatic N) is 1. The second-order valence-corrected chi connectivity index (χ2v) is 6.96. The van der Waals surface area contributed by atoms with Crippen LogP contribution in [-0.2, 0) is 6.18 Å². The van der Waals surface area contributed by atoms with E-state index in [0.717, 1.165) is 6.07 Å². The Labute approximate surface area is 132 Å². The molecule has 0 fully saturated rings. The van der Waals surface area contributed by atoms with Gasteiger partial charge in [0.1, 0.15) is 0 Å². The van der Waals surface area contributed by atoms with Crippen LogP contribution in [0.4, 0.5) is 13.2 Å². The molecule has 0 spiro atoms. The summed E-state index contributed by atoms with van der Waals surface area (Å²) in [6.07, 6.45) is -3.89. The van der Waals surface area contributed by atoms with Crippen molar-refractivity contribution in [2.75, 3.05) is 13.6 Å². The van der Waals surface area contributed by atoms with Crippen molar-refractivity contribution in [3.63, 3.8) is 0 Å². The van der Waals surface area contributed by atoms with Gasteiger partial charge in [-0.25, -0.2) is 0 Å². The summed E-state index contributed by atoms with van der Waals surface area (Å²) in [5.41, 5.74) is -1.25. The highest BCUT2D eigenvalue weighted by atomic mass is 79.9. The van der Waals surface area contributed by atoms with E-state index in [9.17, 15) is 18.0 Å². The molecular weight excluding hydrogens is 403 g/mol. The summed E-state index contributed by atoms with van der Waals surface area (Å²) in [6, 6.07) is 3.56. The zero-order chi connectivity index (χ0) is 15.5. The van der Waals surface area contributed by atoms with Gasteiger partial charge in [0, 0.05) is 22.9 Å². The van der Waals surface area contributed by atoms with Crippen LogP contribution in [0.15, 0.2) is 22.7 Å². The number of hydrogen-bond acceptors (Lipinski definition) is 1. The maximum absolute atomic E-state index is 13.0. The fourth-order valence-electron chi connectivity index (χ4n) is 1.62. The Bertz CT molecular complexity index is 489. The molecule has 20 heavy (non-hydrogen) atoms. The van der Waals surface area contributed by atoms with Crippen LogP contribution in [0, 0.1) is 0 Å². The van der Waals surface area contributed by atoms with E-state index in [0.29, 0.717) is 13.0 Å². The van der Waals surface area contributed by atoms with Crippen LogP contribution in [0.3, 0.4) is 0 Å². The van der Waals surface area contributed by atoms with Gasteiger partial charge in [-0.1, -0.05) is 38.8 Å². The number of benzene rings is 1.